The van der Waals surface area contributed by atoms with Crippen LogP contribution < -0.4 is 5.32 Å². The fraction of sp³-hybridized carbons (Fsp3) is 0.923. The number of thioether (sulfide) groups is 1. The van der Waals surface area contributed by atoms with Crippen LogP contribution in [-0.4, -0.2) is 33.7 Å². The third-order valence-corrected chi connectivity index (χ3v) is 5.58. The van der Waals surface area contributed by atoms with Gasteiger partial charge in [0, 0.05) is 6.54 Å². The van der Waals surface area contributed by atoms with Crippen LogP contribution in [0.5, 0.6) is 0 Å². The van der Waals surface area contributed by atoms with Crippen LogP contribution in [-0.2, 0) is 4.79 Å². The van der Waals surface area contributed by atoms with E-state index in [2.05, 4.69) is 5.32 Å². The quantitative estimate of drug-likeness (QED) is 0.814. The molecule has 1 aliphatic heterocycles. The van der Waals surface area contributed by atoms with E-state index < -0.39 is 5.60 Å². The van der Waals surface area contributed by atoms with Gasteiger partial charge in [0.1, 0.15) is 0 Å². The second-order valence-electron chi connectivity index (χ2n) is 5.65. The van der Waals surface area contributed by atoms with Crippen molar-refractivity contribution in [1.82, 2.24) is 5.32 Å². The van der Waals surface area contributed by atoms with E-state index in [0.29, 0.717) is 6.54 Å². The van der Waals surface area contributed by atoms with E-state index >= 15 is 0 Å². The number of hydrogen-bond acceptors (Lipinski definition) is 3. The third kappa shape index (κ3) is 3.16. The largest absolute Gasteiger partial charge is 0.388 e. The summed E-state index contributed by atoms with van der Waals surface area (Å²) in [5.41, 5.74) is -0.645. The second kappa shape index (κ2) is 5.19. The van der Waals surface area contributed by atoms with Gasteiger partial charge in [0.05, 0.1) is 10.3 Å². The lowest BCUT2D eigenvalue weighted by molar-refractivity contribution is -0.124. The lowest BCUT2D eigenvalue weighted by Crippen LogP contribution is -2.49. The lowest BCUT2D eigenvalue weighted by Gasteiger charge is -2.33. The summed E-state index contributed by atoms with van der Waals surface area (Å²) in [6.07, 6.45) is 7.12. The summed E-state index contributed by atoms with van der Waals surface area (Å²) < 4.78 is -0.259. The summed E-state index contributed by atoms with van der Waals surface area (Å²) in [6, 6.07) is 0. The first kappa shape index (κ1) is 13.2. The molecule has 1 unspecified atom stereocenters. The van der Waals surface area contributed by atoms with Crippen molar-refractivity contribution in [2.24, 2.45) is 0 Å². The zero-order chi connectivity index (χ0) is 12.4. The Morgan fingerprint density at radius 2 is 1.94 bits per heavy atom. The molecule has 2 aliphatic rings. The maximum Gasteiger partial charge on any atom is 0.236 e. The molecule has 1 atom stereocenters. The molecule has 1 amide bonds. The van der Waals surface area contributed by atoms with Crippen molar-refractivity contribution in [3.05, 3.63) is 0 Å². The molecular weight excluding hydrogens is 234 g/mol. The number of carbonyl (C=O) groups is 1. The van der Waals surface area contributed by atoms with Gasteiger partial charge in [0.2, 0.25) is 5.91 Å². The Bertz CT molecular complexity index is 281. The van der Waals surface area contributed by atoms with E-state index in [1.54, 1.807) is 11.8 Å². The van der Waals surface area contributed by atoms with Gasteiger partial charge in [-0.2, -0.15) is 0 Å². The molecular formula is C13H23NO2S. The van der Waals surface area contributed by atoms with E-state index in [1.165, 1.54) is 6.42 Å². The molecule has 1 heterocycles. The van der Waals surface area contributed by atoms with Crippen molar-refractivity contribution in [3.63, 3.8) is 0 Å². The molecule has 17 heavy (non-hydrogen) atoms. The zero-order valence-electron chi connectivity index (χ0n) is 10.6. The smallest absolute Gasteiger partial charge is 0.236 e. The molecule has 0 aromatic rings. The molecule has 2 fully saturated rings. The highest BCUT2D eigenvalue weighted by atomic mass is 32.2. The van der Waals surface area contributed by atoms with Gasteiger partial charge in [-0.15, -0.1) is 11.8 Å². The van der Waals surface area contributed by atoms with Crippen molar-refractivity contribution in [3.8, 4) is 0 Å². The van der Waals surface area contributed by atoms with E-state index in [4.69, 9.17) is 0 Å². The SMILES string of the molecule is CC1(C(=O)NCC2(O)CCCCC2)CCCS1. The van der Waals surface area contributed by atoms with Crippen molar-refractivity contribution >= 4 is 17.7 Å². The van der Waals surface area contributed by atoms with Gasteiger partial charge in [-0.1, -0.05) is 19.3 Å². The number of nitrogens with one attached hydrogen (secondary N) is 1. The molecule has 0 bridgehead atoms. The van der Waals surface area contributed by atoms with E-state index in [-0.39, 0.29) is 10.7 Å². The number of rotatable bonds is 3. The Morgan fingerprint density at radius 1 is 1.24 bits per heavy atom. The number of carbonyl (C=O) groups excluding carboxylic acids is 1. The Hall–Kier alpha value is -0.220. The Kier molecular flexibility index (Phi) is 4.03. The minimum absolute atomic E-state index is 0.110. The minimum Gasteiger partial charge on any atom is -0.388 e. The summed E-state index contributed by atoms with van der Waals surface area (Å²) >= 11 is 1.74. The molecule has 0 aromatic heterocycles. The standard InChI is InChI=1S/C13H23NO2S/c1-12(6-5-9-17-12)11(15)14-10-13(16)7-3-2-4-8-13/h16H,2-10H2,1H3,(H,14,15). The first-order chi connectivity index (χ1) is 8.04. The van der Waals surface area contributed by atoms with Crippen LogP contribution >= 0.6 is 11.8 Å². The Balaban J connectivity index is 1.83. The second-order valence-corrected chi connectivity index (χ2v) is 7.25. The van der Waals surface area contributed by atoms with Crippen molar-refractivity contribution in [2.45, 2.75) is 62.2 Å². The van der Waals surface area contributed by atoms with Crippen LogP contribution in [0.3, 0.4) is 0 Å². The maximum absolute atomic E-state index is 12.1. The van der Waals surface area contributed by atoms with Gasteiger partial charge in [0.25, 0.3) is 0 Å². The fourth-order valence-electron chi connectivity index (χ4n) is 2.78. The maximum atomic E-state index is 12.1. The number of hydrogen-bond donors (Lipinski definition) is 2. The number of aliphatic hydroxyl groups is 1. The van der Waals surface area contributed by atoms with Crippen LogP contribution in [0, 0.1) is 0 Å². The third-order valence-electron chi connectivity index (χ3n) is 4.06. The predicted molar refractivity (Wildman–Crippen MR) is 71.1 cm³/mol. The monoisotopic (exact) mass is 257 g/mol. The fourth-order valence-corrected chi connectivity index (χ4v) is 4.01. The average Bonchev–Trinajstić information content (AvgIpc) is 2.75. The van der Waals surface area contributed by atoms with Gasteiger partial charge in [-0.05, 0) is 38.4 Å². The highest BCUT2D eigenvalue weighted by Gasteiger charge is 2.38. The Labute approximate surface area is 108 Å². The molecule has 98 valence electrons. The van der Waals surface area contributed by atoms with Crippen LogP contribution in [0.15, 0.2) is 0 Å². The predicted octanol–water partition coefficient (Wildman–Crippen LogP) is 2.08. The van der Waals surface area contributed by atoms with Crippen LogP contribution in [0.1, 0.15) is 51.9 Å². The summed E-state index contributed by atoms with van der Waals surface area (Å²) in [6.45, 7) is 2.45. The van der Waals surface area contributed by atoms with Gasteiger partial charge >= 0.3 is 0 Å². The van der Waals surface area contributed by atoms with Gasteiger partial charge in [-0.25, -0.2) is 0 Å². The van der Waals surface area contributed by atoms with E-state index in [9.17, 15) is 9.90 Å². The molecule has 1 aliphatic carbocycles. The van der Waals surface area contributed by atoms with Crippen molar-refractivity contribution < 1.29 is 9.90 Å². The number of amides is 1. The zero-order valence-corrected chi connectivity index (χ0v) is 11.4. The highest BCUT2D eigenvalue weighted by Crippen LogP contribution is 2.38. The van der Waals surface area contributed by atoms with E-state index in [1.807, 2.05) is 6.92 Å². The molecule has 0 aromatic carbocycles. The molecule has 2 N–H and O–H groups in total. The summed E-state index contributed by atoms with van der Waals surface area (Å²) in [5.74, 6) is 1.19. The van der Waals surface area contributed by atoms with Crippen molar-refractivity contribution in [1.29, 1.82) is 0 Å². The van der Waals surface area contributed by atoms with Gasteiger partial charge < -0.3 is 10.4 Å². The van der Waals surface area contributed by atoms with Gasteiger partial charge in [-0.3, -0.25) is 4.79 Å². The topological polar surface area (TPSA) is 49.3 Å². The molecule has 4 heteroatoms. The van der Waals surface area contributed by atoms with Crippen LogP contribution in [0.25, 0.3) is 0 Å². The molecule has 2 rings (SSSR count). The summed E-state index contributed by atoms with van der Waals surface area (Å²) in [7, 11) is 0. The van der Waals surface area contributed by atoms with Crippen molar-refractivity contribution in [2.75, 3.05) is 12.3 Å². The first-order valence-electron chi connectivity index (χ1n) is 6.69. The van der Waals surface area contributed by atoms with Gasteiger partial charge in [0.15, 0.2) is 0 Å². The average molecular weight is 257 g/mol. The lowest BCUT2D eigenvalue weighted by atomic mass is 9.85. The summed E-state index contributed by atoms with van der Waals surface area (Å²) in [4.78, 5) is 12.1. The van der Waals surface area contributed by atoms with Crippen LogP contribution in [0.4, 0.5) is 0 Å². The van der Waals surface area contributed by atoms with E-state index in [0.717, 1.165) is 44.3 Å². The normalized spacial score (nSPS) is 32.4. The first-order valence-corrected chi connectivity index (χ1v) is 7.67. The Morgan fingerprint density at radius 3 is 2.53 bits per heavy atom. The minimum atomic E-state index is -0.645. The molecule has 0 spiro atoms. The molecule has 1 saturated heterocycles. The van der Waals surface area contributed by atoms with Crippen LogP contribution in [0.2, 0.25) is 0 Å². The molecule has 0 radical (unpaired) electrons. The summed E-state index contributed by atoms with van der Waals surface area (Å²) in [5, 5.41) is 13.3. The molecule has 1 saturated carbocycles. The molecule has 3 nitrogen and oxygen atoms in total. The highest BCUT2D eigenvalue weighted by molar-refractivity contribution is 8.01.